The lowest BCUT2D eigenvalue weighted by atomic mass is 10.0. The number of carbonyl (C=O) groups excluding carboxylic acids is 1. The lowest BCUT2D eigenvalue weighted by molar-refractivity contribution is 0.102. The topological polar surface area (TPSA) is 84.2 Å². The Hall–Kier alpha value is -3.22. The van der Waals surface area contributed by atoms with Crippen molar-refractivity contribution in [3.8, 4) is 0 Å². The van der Waals surface area contributed by atoms with Gasteiger partial charge < -0.3 is 14.7 Å². The van der Waals surface area contributed by atoms with E-state index in [1.165, 1.54) is 5.56 Å². The Bertz CT molecular complexity index is 966. The molecule has 0 atom stereocenters. The highest BCUT2D eigenvalue weighted by atomic mass is 16.5. The quantitative estimate of drug-likeness (QED) is 0.780. The predicted molar refractivity (Wildman–Crippen MR) is 97.7 cm³/mol. The molecule has 1 amide bonds. The molecule has 1 aromatic carbocycles. The third kappa shape index (κ3) is 3.15. The van der Waals surface area contributed by atoms with Gasteiger partial charge in [-0.05, 0) is 38.3 Å². The Morgan fingerprint density at radius 2 is 2.04 bits per heavy atom. The molecule has 0 spiro atoms. The van der Waals surface area contributed by atoms with Crippen LogP contribution in [0.4, 0.5) is 17.3 Å². The summed E-state index contributed by atoms with van der Waals surface area (Å²) < 4.78 is 4.98. The molecule has 0 aliphatic carbocycles. The van der Waals surface area contributed by atoms with E-state index in [4.69, 9.17) is 4.52 Å². The second-order valence-corrected chi connectivity index (χ2v) is 6.32. The molecule has 0 saturated heterocycles. The molecule has 1 aliphatic rings. The summed E-state index contributed by atoms with van der Waals surface area (Å²) in [6.07, 6.45) is 2.09. The number of rotatable bonds is 3. The molecule has 4 rings (SSSR count). The fourth-order valence-corrected chi connectivity index (χ4v) is 3.18. The number of anilines is 3. The maximum absolute atomic E-state index is 12.6. The van der Waals surface area contributed by atoms with Crippen molar-refractivity contribution in [3.63, 3.8) is 0 Å². The fourth-order valence-electron chi connectivity index (χ4n) is 3.18. The molecule has 3 heterocycles. The van der Waals surface area contributed by atoms with Crippen molar-refractivity contribution in [3.05, 3.63) is 59.2 Å². The van der Waals surface area contributed by atoms with Crippen LogP contribution in [0.15, 0.2) is 40.9 Å². The average molecular weight is 349 g/mol. The Labute approximate surface area is 151 Å². The van der Waals surface area contributed by atoms with Gasteiger partial charge in [-0.25, -0.2) is 9.97 Å². The number of amides is 1. The molecular formula is C19H19N5O2. The highest BCUT2D eigenvalue weighted by Crippen LogP contribution is 2.32. The van der Waals surface area contributed by atoms with Crippen molar-refractivity contribution < 1.29 is 9.32 Å². The molecule has 0 unspecified atom stereocenters. The maximum atomic E-state index is 12.6. The van der Waals surface area contributed by atoms with Crippen LogP contribution in [0.2, 0.25) is 0 Å². The second-order valence-electron chi connectivity index (χ2n) is 6.32. The molecule has 3 aromatic rings. The first kappa shape index (κ1) is 16.3. The summed E-state index contributed by atoms with van der Waals surface area (Å²) in [4.78, 5) is 23.5. The SMILES string of the molecule is Cc1nc(C(=O)Nc2cc(C)on2)cc(N2CCCc3ccccc32)n1. The lowest BCUT2D eigenvalue weighted by Gasteiger charge is -2.30. The van der Waals surface area contributed by atoms with Gasteiger partial charge in [0.1, 0.15) is 23.1 Å². The third-order valence-electron chi connectivity index (χ3n) is 4.31. The van der Waals surface area contributed by atoms with Crippen molar-refractivity contribution in [2.45, 2.75) is 26.7 Å². The van der Waals surface area contributed by atoms with Crippen molar-refractivity contribution in [1.82, 2.24) is 15.1 Å². The van der Waals surface area contributed by atoms with E-state index in [0.717, 1.165) is 30.9 Å². The van der Waals surface area contributed by atoms with E-state index in [2.05, 4.69) is 37.5 Å². The monoisotopic (exact) mass is 349 g/mol. The number of nitrogens with zero attached hydrogens (tertiary/aromatic N) is 4. The van der Waals surface area contributed by atoms with Gasteiger partial charge in [-0.1, -0.05) is 23.4 Å². The third-order valence-corrected chi connectivity index (χ3v) is 4.31. The Kier molecular flexibility index (Phi) is 4.12. The van der Waals surface area contributed by atoms with Crippen LogP contribution < -0.4 is 10.2 Å². The van der Waals surface area contributed by atoms with Gasteiger partial charge in [-0.3, -0.25) is 4.79 Å². The van der Waals surface area contributed by atoms with Crippen LogP contribution in [0.25, 0.3) is 0 Å². The summed E-state index contributed by atoms with van der Waals surface area (Å²) >= 11 is 0. The Morgan fingerprint density at radius 1 is 1.19 bits per heavy atom. The number of nitrogens with one attached hydrogen (secondary N) is 1. The minimum absolute atomic E-state index is 0.302. The van der Waals surface area contributed by atoms with Gasteiger partial charge in [0, 0.05) is 24.4 Å². The maximum Gasteiger partial charge on any atom is 0.275 e. The van der Waals surface area contributed by atoms with Gasteiger partial charge >= 0.3 is 0 Å². The van der Waals surface area contributed by atoms with E-state index >= 15 is 0 Å². The Morgan fingerprint density at radius 3 is 2.85 bits per heavy atom. The van der Waals surface area contributed by atoms with Gasteiger partial charge in [-0.15, -0.1) is 0 Å². The normalized spacial score (nSPS) is 13.4. The lowest BCUT2D eigenvalue weighted by Crippen LogP contribution is -2.26. The number of para-hydroxylation sites is 1. The van der Waals surface area contributed by atoms with Crippen molar-refractivity contribution in [2.24, 2.45) is 0 Å². The van der Waals surface area contributed by atoms with Crippen molar-refractivity contribution in [1.29, 1.82) is 0 Å². The molecule has 26 heavy (non-hydrogen) atoms. The van der Waals surface area contributed by atoms with E-state index in [-0.39, 0.29) is 5.91 Å². The molecule has 0 saturated carbocycles. The first-order valence-electron chi connectivity index (χ1n) is 8.56. The van der Waals surface area contributed by atoms with E-state index in [1.807, 2.05) is 12.1 Å². The first-order valence-corrected chi connectivity index (χ1v) is 8.56. The largest absolute Gasteiger partial charge is 0.360 e. The number of benzene rings is 1. The summed E-state index contributed by atoms with van der Waals surface area (Å²) in [5, 5.41) is 6.49. The van der Waals surface area contributed by atoms with Crippen LogP contribution in [0.5, 0.6) is 0 Å². The standard InChI is InChI=1S/C19H19N5O2/c1-12-10-17(23-26-12)22-19(25)15-11-18(21-13(2)20-15)24-9-5-7-14-6-3-4-8-16(14)24/h3-4,6,8,10-11H,5,7,9H2,1-2H3,(H,22,23,25). The van der Waals surface area contributed by atoms with Crippen LogP contribution >= 0.6 is 0 Å². The summed E-state index contributed by atoms with van der Waals surface area (Å²) in [7, 11) is 0. The molecule has 7 heteroatoms. The van der Waals surface area contributed by atoms with E-state index in [0.29, 0.717) is 23.1 Å². The first-order chi connectivity index (χ1) is 12.6. The summed E-state index contributed by atoms with van der Waals surface area (Å²) in [5.74, 6) is 1.94. The van der Waals surface area contributed by atoms with Crippen molar-refractivity contribution >= 4 is 23.2 Å². The second kappa shape index (κ2) is 6.59. The molecule has 1 aliphatic heterocycles. The number of fused-ring (bicyclic) bond motifs is 1. The van der Waals surface area contributed by atoms with Crippen LogP contribution in [0.1, 0.15) is 34.1 Å². The van der Waals surface area contributed by atoms with Gasteiger partial charge in [-0.2, -0.15) is 0 Å². The predicted octanol–water partition coefficient (Wildman–Crippen LogP) is 3.42. The van der Waals surface area contributed by atoms with Crippen LogP contribution in [0.3, 0.4) is 0 Å². The average Bonchev–Trinajstić information content (AvgIpc) is 3.05. The molecule has 7 nitrogen and oxygen atoms in total. The number of aryl methyl sites for hydroxylation is 3. The summed E-state index contributed by atoms with van der Waals surface area (Å²) in [6, 6.07) is 11.7. The van der Waals surface area contributed by atoms with Gasteiger partial charge in [0.25, 0.3) is 5.91 Å². The molecule has 132 valence electrons. The molecular weight excluding hydrogens is 330 g/mol. The zero-order valence-electron chi connectivity index (χ0n) is 14.7. The highest BCUT2D eigenvalue weighted by Gasteiger charge is 2.21. The van der Waals surface area contributed by atoms with Crippen molar-refractivity contribution in [2.75, 3.05) is 16.8 Å². The van der Waals surface area contributed by atoms with Crippen LogP contribution in [-0.4, -0.2) is 27.6 Å². The van der Waals surface area contributed by atoms with Gasteiger partial charge in [0.15, 0.2) is 5.82 Å². The fraction of sp³-hybridized carbons (Fsp3) is 0.263. The summed E-state index contributed by atoms with van der Waals surface area (Å²) in [6.45, 7) is 4.41. The molecule has 1 N–H and O–H groups in total. The molecule has 0 bridgehead atoms. The smallest absolute Gasteiger partial charge is 0.275 e. The molecule has 0 radical (unpaired) electrons. The number of hydrogen-bond donors (Lipinski definition) is 1. The highest BCUT2D eigenvalue weighted by molar-refractivity contribution is 6.02. The molecule has 2 aromatic heterocycles. The number of hydrogen-bond acceptors (Lipinski definition) is 6. The Balaban J connectivity index is 1.66. The van der Waals surface area contributed by atoms with Gasteiger partial charge in [0.05, 0.1) is 0 Å². The zero-order valence-corrected chi connectivity index (χ0v) is 14.7. The summed E-state index contributed by atoms with van der Waals surface area (Å²) in [5.41, 5.74) is 2.73. The zero-order chi connectivity index (χ0) is 18.1. The number of carbonyl (C=O) groups is 1. The minimum Gasteiger partial charge on any atom is -0.360 e. The van der Waals surface area contributed by atoms with Gasteiger partial charge in [0.2, 0.25) is 0 Å². The minimum atomic E-state index is -0.338. The van der Waals surface area contributed by atoms with Crippen LogP contribution in [-0.2, 0) is 6.42 Å². The van der Waals surface area contributed by atoms with E-state index < -0.39 is 0 Å². The number of aromatic nitrogens is 3. The van der Waals surface area contributed by atoms with E-state index in [1.54, 1.807) is 26.0 Å². The molecule has 0 fully saturated rings. The van der Waals surface area contributed by atoms with Crippen LogP contribution in [0, 0.1) is 13.8 Å². The van der Waals surface area contributed by atoms with E-state index in [9.17, 15) is 4.79 Å².